The molecule has 0 spiro atoms. The molecule has 0 atom stereocenters. The monoisotopic (exact) mass is 275 g/mol. The molecular weight excluding hydrogens is 262 g/mol. The lowest BCUT2D eigenvalue weighted by Crippen LogP contribution is -2.25. The van der Waals surface area contributed by atoms with Crippen molar-refractivity contribution in [2.24, 2.45) is 0 Å². The van der Waals surface area contributed by atoms with Crippen LogP contribution in [0.1, 0.15) is 28.9 Å². The molecule has 2 N–H and O–H groups in total. The Balaban J connectivity index is 1.91. The molecule has 2 aromatic heterocycles. The van der Waals surface area contributed by atoms with Crippen molar-refractivity contribution in [3.8, 4) is 5.82 Å². The smallest absolute Gasteiger partial charge is 0.254 e. The molecule has 0 bridgehead atoms. The molecule has 0 aromatic carbocycles. The number of carbonyl (C=O) groups is 1. The van der Waals surface area contributed by atoms with Gasteiger partial charge in [0, 0.05) is 6.04 Å². The topological polar surface area (TPSA) is 75.6 Å². The van der Waals surface area contributed by atoms with E-state index >= 15 is 0 Å². The second-order valence-corrected chi connectivity index (χ2v) is 5.02. The number of aromatic nitrogens is 4. The highest BCUT2D eigenvalue weighted by Gasteiger charge is 2.25. The zero-order chi connectivity index (χ0) is 13.4. The summed E-state index contributed by atoms with van der Waals surface area (Å²) in [6.07, 6.45) is 3.70. The van der Waals surface area contributed by atoms with Crippen LogP contribution in [0.2, 0.25) is 0 Å². The number of H-pyrrole nitrogens is 1. The van der Waals surface area contributed by atoms with Gasteiger partial charge in [-0.25, -0.2) is 4.68 Å². The number of nitrogens with one attached hydrogen (secondary N) is 2. The highest BCUT2D eigenvalue weighted by atomic mass is 32.1. The molecule has 1 fully saturated rings. The second kappa shape index (κ2) is 4.58. The number of carbonyl (C=O) groups excluding carboxylic acids is 1. The van der Waals surface area contributed by atoms with Gasteiger partial charge in [-0.1, -0.05) is 12.2 Å². The van der Waals surface area contributed by atoms with Gasteiger partial charge in [-0.15, -0.1) is 0 Å². The highest BCUT2D eigenvalue weighted by molar-refractivity contribution is 7.71. The van der Waals surface area contributed by atoms with Gasteiger partial charge in [0.25, 0.3) is 5.91 Å². The average Bonchev–Trinajstić information content (AvgIpc) is 3.12. The third-order valence-corrected chi connectivity index (χ3v) is 3.28. The van der Waals surface area contributed by atoms with Gasteiger partial charge in [0.2, 0.25) is 0 Å². The summed E-state index contributed by atoms with van der Waals surface area (Å²) in [5, 5.41) is 14.0. The fourth-order valence-corrected chi connectivity index (χ4v) is 1.92. The predicted molar refractivity (Wildman–Crippen MR) is 71.8 cm³/mol. The summed E-state index contributed by atoms with van der Waals surface area (Å²) < 4.78 is 2.17. The molecule has 19 heavy (non-hydrogen) atoms. The average molecular weight is 275 g/mol. The van der Waals surface area contributed by atoms with Crippen LogP contribution in [0.25, 0.3) is 5.82 Å². The van der Waals surface area contributed by atoms with Crippen LogP contribution < -0.4 is 5.32 Å². The van der Waals surface area contributed by atoms with Crippen LogP contribution in [0.5, 0.6) is 0 Å². The van der Waals surface area contributed by atoms with Gasteiger partial charge in [0.15, 0.2) is 5.82 Å². The molecular formula is C12H13N5OS. The van der Waals surface area contributed by atoms with E-state index in [1.54, 1.807) is 23.0 Å². The number of rotatable bonds is 3. The zero-order valence-electron chi connectivity index (χ0n) is 10.4. The van der Waals surface area contributed by atoms with Gasteiger partial charge >= 0.3 is 0 Å². The van der Waals surface area contributed by atoms with Crippen LogP contribution in [0, 0.1) is 11.6 Å². The maximum absolute atomic E-state index is 12.0. The number of amides is 1. The summed E-state index contributed by atoms with van der Waals surface area (Å²) in [5.74, 6) is 0.534. The van der Waals surface area contributed by atoms with E-state index in [2.05, 4.69) is 20.6 Å². The molecule has 0 aliphatic heterocycles. The maximum atomic E-state index is 12.0. The Bertz CT molecular complexity index is 665. The van der Waals surface area contributed by atoms with Gasteiger partial charge in [-0.3, -0.25) is 9.89 Å². The molecule has 1 saturated carbocycles. The Morgan fingerprint density at radius 2 is 2.32 bits per heavy atom. The first-order valence-electron chi connectivity index (χ1n) is 6.07. The number of nitrogens with zero attached hydrogens (tertiary/aromatic N) is 3. The van der Waals surface area contributed by atoms with Crippen molar-refractivity contribution in [3.05, 3.63) is 34.2 Å². The molecule has 1 aliphatic carbocycles. The van der Waals surface area contributed by atoms with Crippen LogP contribution in [-0.2, 0) is 0 Å². The van der Waals surface area contributed by atoms with Gasteiger partial charge in [-0.05, 0) is 31.9 Å². The third kappa shape index (κ3) is 2.41. The summed E-state index contributed by atoms with van der Waals surface area (Å²) in [6, 6.07) is 3.84. The largest absolute Gasteiger partial charge is 0.349 e. The van der Waals surface area contributed by atoms with E-state index in [0.29, 0.717) is 22.1 Å². The molecule has 6 nitrogen and oxygen atoms in total. The van der Waals surface area contributed by atoms with E-state index < -0.39 is 0 Å². The summed E-state index contributed by atoms with van der Waals surface area (Å²) in [5.41, 5.74) is 1.34. The lowest BCUT2D eigenvalue weighted by atomic mass is 10.2. The Labute approximate surface area is 114 Å². The first-order valence-corrected chi connectivity index (χ1v) is 6.47. The SMILES string of the molecule is Cc1c(C(=O)NC2CC2)cnn1-c1ccc(=S)[nH]n1. The standard InChI is InChI=1S/C12H13N5OS/c1-7-9(12(18)14-8-2-3-8)6-13-17(7)10-4-5-11(19)16-15-10/h4-6,8H,2-3H2,1H3,(H,14,18)(H,16,19). The molecule has 98 valence electrons. The van der Waals surface area contributed by atoms with Crippen molar-refractivity contribution >= 4 is 18.1 Å². The molecule has 0 radical (unpaired) electrons. The minimum absolute atomic E-state index is 0.0740. The number of aromatic amines is 1. The lowest BCUT2D eigenvalue weighted by Gasteiger charge is -2.04. The van der Waals surface area contributed by atoms with Crippen molar-refractivity contribution in [3.63, 3.8) is 0 Å². The highest BCUT2D eigenvalue weighted by Crippen LogP contribution is 2.20. The minimum Gasteiger partial charge on any atom is -0.349 e. The van der Waals surface area contributed by atoms with Crippen LogP contribution in [0.3, 0.4) is 0 Å². The van der Waals surface area contributed by atoms with Crippen molar-refractivity contribution in [2.75, 3.05) is 0 Å². The molecule has 1 amide bonds. The van der Waals surface area contributed by atoms with Gasteiger partial charge in [0.1, 0.15) is 4.64 Å². The van der Waals surface area contributed by atoms with E-state index in [0.717, 1.165) is 18.5 Å². The summed E-state index contributed by atoms with van der Waals surface area (Å²) in [6.45, 7) is 1.85. The molecule has 1 aliphatic rings. The van der Waals surface area contributed by atoms with Crippen LogP contribution >= 0.6 is 12.2 Å². The Morgan fingerprint density at radius 1 is 1.53 bits per heavy atom. The van der Waals surface area contributed by atoms with Crippen molar-refractivity contribution in [2.45, 2.75) is 25.8 Å². The number of hydrogen-bond acceptors (Lipinski definition) is 4. The lowest BCUT2D eigenvalue weighted by molar-refractivity contribution is 0.0950. The van der Waals surface area contributed by atoms with Gasteiger partial charge in [0.05, 0.1) is 17.5 Å². The van der Waals surface area contributed by atoms with Crippen molar-refractivity contribution < 1.29 is 4.79 Å². The van der Waals surface area contributed by atoms with Gasteiger partial charge < -0.3 is 5.32 Å². The summed E-state index contributed by atoms with van der Waals surface area (Å²) >= 11 is 4.94. The van der Waals surface area contributed by atoms with E-state index in [-0.39, 0.29) is 5.91 Å². The summed E-state index contributed by atoms with van der Waals surface area (Å²) in [4.78, 5) is 12.0. The molecule has 7 heteroatoms. The van der Waals surface area contributed by atoms with Crippen LogP contribution in [-0.4, -0.2) is 31.9 Å². The molecule has 2 aromatic rings. The first-order chi connectivity index (χ1) is 9.15. The van der Waals surface area contributed by atoms with Crippen molar-refractivity contribution in [1.82, 2.24) is 25.3 Å². The van der Waals surface area contributed by atoms with E-state index in [4.69, 9.17) is 12.2 Å². The van der Waals surface area contributed by atoms with Crippen molar-refractivity contribution in [1.29, 1.82) is 0 Å². The first kappa shape index (κ1) is 12.0. The molecule has 0 saturated heterocycles. The Kier molecular flexibility index (Phi) is 2.90. The Morgan fingerprint density at radius 3 is 2.95 bits per heavy atom. The van der Waals surface area contributed by atoms with E-state index in [1.165, 1.54) is 0 Å². The number of hydrogen-bond donors (Lipinski definition) is 2. The zero-order valence-corrected chi connectivity index (χ0v) is 11.2. The fourth-order valence-electron chi connectivity index (χ4n) is 1.81. The second-order valence-electron chi connectivity index (χ2n) is 4.58. The third-order valence-electron chi connectivity index (χ3n) is 3.05. The quantitative estimate of drug-likeness (QED) is 0.833. The van der Waals surface area contributed by atoms with E-state index in [1.807, 2.05) is 6.92 Å². The van der Waals surface area contributed by atoms with Gasteiger partial charge in [-0.2, -0.15) is 10.2 Å². The van der Waals surface area contributed by atoms with Crippen LogP contribution in [0.15, 0.2) is 18.3 Å². The minimum atomic E-state index is -0.0740. The molecule has 2 heterocycles. The summed E-state index contributed by atoms with van der Waals surface area (Å²) in [7, 11) is 0. The normalized spacial score (nSPS) is 14.4. The predicted octanol–water partition coefficient (Wildman–Crippen LogP) is 1.53. The Hall–Kier alpha value is -2.02. The van der Waals surface area contributed by atoms with Crippen LogP contribution in [0.4, 0.5) is 0 Å². The maximum Gasteiger partial charge on any atom is 0.254 e. The molecule has 3 rings (SSSR count). The molecule has 0 unspecified atom stereocenters. The fraction of sp³-hybridized carbons (Fsp3) is 0.333. The van der Waals surface area contributed by atoms with E-state index in [9.17, 15) is 4.79 Å².